The SMILES string of the molecule is C=C[N+]12C(=O)C(NC(=O)Cc3csc(N)n3)[C@@H]1SCC=C2C(=O)OC1OC(=O)c2ccccc21. The molecule has 3 unspecified atom stereocenters. The van der Waals surface area contributed by atoms with E-state index in [2.05, 4.69) is 16.9 Å². The number of cyclic esters (lactones) is 1. The van der Waals surface area contributed by atoms with Gasteiger partial charge in [0.1, 0.15) is 6.20 Å². The molecule has 4 heterocycles. The molecule has 10 nitrogen and oxygen atoms in total. The van der Waals surface area contributed by atoms with Crippen LogP contribution in [-0.2, 0) is 30.3 Å². The summed E-state index contributed by atoms with van der Waals surface area (Å²) in [5, 5.41) is 4.29. The number of ether oxygens (including phenoxy) is 2. The maximum absolute atomic E-state index is 13.2. The molecule has 4 atom stereocenters. The molecule has 2 aromatic rings. The number of rotatable bonds is 6. The van der Waals surface area contributed by atoms with E-state index in [0.717, 1.165) is 0 Å². The number of hydrogen-bond donors (Lipinski definition) is 2. The molecular formula is C22H19N4O6S2+. The summed E-state index contributed by atoms with van der Waals surface area (Å²) < 4.78 is 10.2. The molecule has 0 radical (unpaired) electrons. The Bertz CT molecular complexity index is 1270. The highest BCUT2D eigenvalue weighted by Crippen LogP contribution is 2.47. The van der Waals surface area contributed by atoms with Gasteiger partial charge in [0.05, 0.1) is 17.7 Å². The number of aromatic nitrogens is 1. The summed E-state index contributed by atoms with van der Waals surface area (Å²) in [4.78, 5) is 55.0. The Kier molecular flexibility index (Phi) is 5.50. The van der Waals surface area contributed by atoms with E-state index in [4.69, 9.17) is 15.2 Å². The Morgan fingerprint density at radius 2 is 2.15 bits per heavy atom. The number of quaternary nitrogens is 1. The summed E-state index contributed by atoms with van der Waals surface area (Å²) in [7, 11) is 0. The van der Waals surface area contributed by atoms with Crippen molar-refractivity contribution in [2.45, 2.75) is 24.1 Å². The molecular weight excluding hydrogens is 480 g/mol. The van der Waals surface area contributed by atoms with Crippen molar-refractivity contribution < 1.29 is 33.1 Å². The van der Waals surface area contributed by atoms with Gasteiger partial charge in [0.15, 0.2) is 10.5 Å². The number of esters is 2. The number of benzene rings is 1. The number of hydrogen-bond acceptors (Lipinski definition) is 10. The molecule has 0 spiro atoms. The van der Waals surface area contributed by atoms with Crippen LogP contribution in [-0.4, -0.2) is 50.4 Å². The van der Waals surface area contributed by atoms with Crippen molar-refractivity contribution in [2.24, 2.45) is 0 Å². The van der Waals surface area contributed by atoms with Crippen LogP contribution in [0.5, 0.6) is 0 Å². The first-order valence-corrected chi connectivity index (χ1v) is 12.2. The number of thiazole rings is 1. The first-order chi connectivity index (χ1) is 16.3. The summed E-state index contributed by atoms with van der Waals surface area (Å²) in [5.74, 6) is -1.75. The maximum atomic E-state index is 13.2. The quantitative estimate of drug-likeness (QED) is 0.345. The number of thioether (sulfide) groups is 1. The molecule has 3 N–H and O–H groups in total. The predicted octanol–water partition coefficient (Wildman–Crippen LogP) is 1.62. The number of nitrogens with two attached hydrogens (primary N) is 1. The van der Waals surface area contributed by atoms with Crippen molar-refractivity contribution >= 4 is 52.0 Å². The van der Waals surface area contributed by atoms with E-state index in [-0.39, 0.29) is 18.0 Å². The van der Waals surface area contributed by atoms with E-state index in [0.29, 0.717) is 27.7 Å². The number of nitrogens with zero attached hydrogens (tertiary/aromatic N) is 2. The third kappa shape index (κ3) is 3.42. The van der Waals surface area contributed by atoms with Gasteiger partial charge in [-0.2, -0.15) is 4.48 Å². The van der Waals surface area contributed by atoms with Gasteiger partial charge in [-0.15, -0.1) is 11.3 Å². The van der Waals surface area contributed by atoms with Gasteiger partial charge in [0, 0.05) is 16.7 Å². The van der Waals surface area contributed by atoms with Crippen LogP contribution in [0.25, 0.3) is 0 Å². The number of fused-ring (bicyclic) bond motifs is 2. The summed E-state index contributed by atoms with van der Waals surface area (Å²) >= 11 is 2.64. The molecule has 1 aromatic carbocycles. The Labute approximate surface area is 202 Å². The fraction of sp³-hybridized carbons (Fsp3) is 0.227. The molecule has 0 saturated carbocycles. The van der Waals surface area contributed by atoms with Crippen molar-refractivity contribution in [2.75, 3.05) is 11.5 Å². The first kappa shape index (κ1) is 22.3. The summed E-state index contributed by atoms with van der Waals surface area (Å²) in [6.45, 7) is 3.77. The molecule has 3 aliphatic rings. The van der Waals surface area contributed by atoms with Gasteiger partial charge in [0.2, 0.25) is 17.6 Å². The average molecular weight is 500 g/mol. The molecule has 1 saturated heterocycles. The van der Waals surface area contributed by atoms with Crippen LogP contribution in [0.4, 0.5) is 5.13 Å². The minimum Gasteiger partial charge on any atom is -0.417 e. The Morgan fingerprint density at radius 3 is 2.88 bits per heavy atom. The Balaban J connectivity index is 1.31. The van der Waals surface area contributed by atoms with E-state index in [1.807, 2.05) is 0 Å². The third-order valence-corrected chi connectivity index (χ3v) is 7.88. The van der Waals surface area contributed by atoms with Gasteiger partial charge in [-0.25, -0.2) is 19.4 Å². The zero-order valence-corrected chi connectivity index (χ0v) is 19.3. The molecule has 1 fully saturated rings. The largest absolute Gasteiger partial charge is 0.417 e. The van der Waals surface area contributed by atoms with Crippen molar-refractivity contribution in [1.82, 2.24) is 10.3 Å². The number of anilines is 1. The number of carbonyl (C=O) groups is 4. The molecule has 174 valence electrons. The fourth-order valence-electron chi connectivity index (χ4n) is 4.29. The number of carbonyl (C=O) groups excluding carboxylic acids is 4. The average Bonchev–Trinajstić information content (AvgIpc) is 3.38. The standard InChI is InChI=1S/C22H18N4O6S2/c1-2-26-14(20(30)32-21-13-6-4-3-5-12(13)19(29)31-21)7-8-33-18(26)16(17(26)28)25-15(27)9-11-10-34-22(23)24-11/h2-7,10,16,18,21H,1,8-9H2,(H2-,23,24,25,27)/p+1/t16?,18-,21?,26?/m0/s1. The maximum Gasteiger partial charge on any atom is 0.396 e. The van der Waals surface area contributed by atoms with Gasteiger partial charge in [-0.3, -0.25) is 4.79 Å². The highest BCUT2D eigenvalue weighted by molar-refractivity contribution is 8.00. The molecule has 0 bridgehead atoms. The first-order valence-electron chi connectivity index (χ1n) is 10.2. The van der Waals surface area contributed by atoms with Crippen LogP contribution in [0.15, 0.2) is 54.2 Å². The lowest BCUT2D eigenvalue weighted by Gasteiger charge is -2.51. The number of nitrogen functional groups attached to an aromatic ring is 1. The minimum atomic E-state index is -1.20. The van der Waals surface area contributed by atoms with E-state index >= 15 is 0 Å². The number of β-lactam (4-membered cyclic amide) rings is 1. The lowest BCUT2D eigenvalue weighted by atomic mass is 9.99. The molecule has 3 aliphatic heterocycles. The van der Waals surface area contributed by atoms with Crippen molar-refractivity contribution in [1.29, 1.82) is 0 Å². The smallest absolute Gasteiger partial charge is 0.396 e. The van der Waals surface area contributed by atoms with Gasteiger partial charge in [-0.1, -0.05) is 30.0 Å². The lowest BCUT2D eigenvalue weighted by molar-refractivity contribution is -0.803. The van der Waals surface area contributed by atoms with Crippen molar-refractivity contribution in [3.8, 4) is 0 Å². The van der Waals surface area contributed by atoms with Crippen LogP contribution >= 0.6 is 23.1 Å². The van der Waals surface area contributed by atoms with Crippen LogP contribution in [0, 0.1) is 0 Å². The van der Waals surface area contributed by atoms with Crippen LogP contribution in [0.1, 0.15) is 27.9 Å². The second-order valence-electron chi connectivity index (χ2n) is 7.74. The summed E-state index contributed by atoms with van der Waals surface area (Å²) in [5.41, 5.74) is 6.95. The van der Waals surface area contributed by atoms with Crippen molar-refractivity contribution in [3.63, 3.8) is 0 Å². The molecule has 2 amide bonds. The van der Waals surface area contributed by atoms with Crippen LogP contribution in [0.3, 0.4) is 0 Å². The minimum absolute atomic E-state index is 0.0137. The number of amides is 2. The van der Waals surface area contributed by atoms with E-state index in [1.54, 1.807) is 35.7 Å². The van der Waals surface area contributed by atoms with Crippen LogP contribution < -0.4 is 11.1 Å². The lowest BCUT2D eigenvalue weighted by Crippen LogP contribution is -2.78. The van der Waals surface area contributed by atoms with E-state index in [9.17, 15) is 19.2 Å². The Hall–Kier alpha value is -3.48. The molecule has 0 aliphatic carbocycles. The topological polar surface area (TPSA) is 138 Å². The number of nitrogens with one attached hydrogen (secondary N) is 1. The highest BCUT2D eigenvalue weighted by Gasteiger charge is 2.68. The summed E-state index contributed by atoms with van der Waals surface area (Å²) in [6.07, 6.45) is 1.75. The molecule has 1 aromatic heterocycles. The second kappa shape index (κ2) is 8.38. The second-order valence-corrected chi connectivity index (χ2v) is 9.78. The van der Waals surface area contributed by atoms with Gasteiger partial charge < -0.3 is 20.5 Å². The zero-order chi connectivity index (χ0) is 24.0. The normalized spacial score (nSPS) is 26.9. The van der Waals surface area contributed by atoms with Gasteiger partial charge in [-0.05, 0) is 18.7 Å². The van der Waals surface area contributed by atoms with Gasteiger partial charge in [0.25, 0.3) is 6.29 Å². The van der Waals surface area contributed by atoms with Crippen LogP contribution in [0.2, 0.25) is 0 Å². The van der Waals surface area contributed by atoms with Gasteiger partial charge >= 0.3 is 17.8 Å². The summed E-state index contributed by atoms with van der Waals surface area (Å²) in [6, 6.07) is 5.80. The monoisotopic (exact) mass is 499 g/mol. The Morgan fingerprint density at radius 1 is 1.35 bits per heavy atom. The third-order valence-electron chi connectivity index (χ3n) is 5.85. The molecule has 5 rings (SSSR count). The zero-order valence-electron chi connectivity index (χ0n) is 17.6. The predicted molar refractivity (Wildman–Crippen MR) is 123 cm³/mol. The van der Waals surface area contributed by atoms with Crippen molar-refractivity contribution in [3.05, 3.63) is 71.0 Å². The highest BCUT2D eigenvalue weighted by atomic mass is 32.2. The van der Waals surface area contributed by atoms with E-state index < -0.39 is 40.0 Å². The fourth-order valence-corrected chi connectivity index (χ4v) is 6.22. The molecule has 34 heavy (non-hydrogen) atoms. The van der Waals surface area contributed by atoms with E-state index in [1.165, 1.54) is 29.3 Å². The molecule has 12 heteroatoms.